The van der Waals surface area contributed by atoms with Gasteiger partial charge in [0.1, 0.15) is 0 Å². The van der Waals surface area contributed by atoms with Crippen molar-refractivity contribution in [3.8, 4) is 0 Å². The number of piperidine rings is 1. The van der Waals surface area contributed by atoms with Crippen LogP contribution in [0.4, 0.5) is 0 Å². The van der Waals surface area contributed by atoms with Crippen molar-refractivity contribution in [2.45, 2.75) is 69.6 Å². The Hall–Kier alpha value is -0.120. The van der Waals surface area contributed by atoms with Crippen molar-refractivity contribution in [2.75, 3.05) is 46.5 Å². The predicted molar refractivity (Wildman–Crippen MR) is 126 cm³/mol. The number of ether oxygens (including phenoxy) is 2. The van der Waals surface area contributed by atoms with E-state index in [4.69, 9.17) is 9.47 Å². The first-order valence-corrected chi connectivity index (χ1v) is 11.7. The van der Waals surface area contributed by atoms with Crippen molar-refractivity contribution in [1.82, 2.24) is 15.5 Å². The summed E-state index contributed by atoms with van der Waals surface area (Å²) in [5.41, 5.74) is 0.380. The lowest BCUT2D eigenvalue weighted by molar-refractivity contribution is -0.125. The third-order valence-corrected chi connectivity index (χ3v) is 8.27. The molecular weight excluding hydrogens is 479 g/mol. The number of nitrogens with zero attached hydrogens (tertiary/aromatic N) is 2. The molecular formula is C22H39IN4O2. The first-order chi connectivity index (χ1) is 13.8. The summed E-state index contributed by atoms with van der Waals surface area (Å²) in [6.07, 6.45) is 10.8. The number of hydrogen-bond acceptors (Lipinski definition) is 4. The van der Waals surface area contributed by atoms with Gasteiger partial charge in [-0.1, -0.05) is 12.8 Å². The van der Waals surface area contributed by atoms with Gasteiger partial charge in [-0.05, 0) is 44.4 Å². The molecule has 2 saturated carbocycles. The van der Waals surface area contributed by atoms with Crippen LogP contribution in [0, 0.1) is 17.3 Å². The van der Waals surface area contributed by atoms with Crippen molar-refractivity contribution in [3.63, 3.8) is 0 Å². The van der Waals surface area contributed by atoms with E-state index >= 15 is 0 Å². The Balaban J connectivity index is 0.00000205. The van der Waals surface area contributed by atoms with Gasteiger partial charge in [-0.3, -0.25) is 4.99 Å². The topological polar surface area (TPSA) is 58.1 Å². The highest BCUT2D eigenvalue weighted by atomic mass is 127. The maximum atomic E-state index is 6.14. The first-order valence-electron chi connectivity index (χ1n) is 11.7. The van der Waals surface area contributed by atoms with Crippen LogP contribution >= 0.6 is 24.0 Å². The second-order valence-electron chi connectivity index (χ2n) is 9.83. The van der Waals surface area contributed by atoms with Crippen molar-refractivity contribution in [2.24, 2.45) is 22.2 Å². The second-order valence-corrected chi connectivity index (χ2v) is 9.83. The van der Waals surface area contributed by atoms with E-state index in [-0.39, 0.29) is 24.0 Å². The van der Waals surface area contributed by atoms with Crippen LogP contribution in [0.15, 0.2) is 4.99 Å². The minimum absolute atomic E-state index is 0. The largest absolute Gasteiger partial charge is 0.381 e. The molecule has 5 aliphatic rings. The molecule has 166 valence electrons. The van der Waals surface area contributed by atoms with Crippen LogP contribution in [0.2, 0.25) is 0 Å². The molecule has 0 radical (unpaired) electrons. The minimum Gasteiger partial charge on any atom is -0.381 e. The molecule has 6 nitrogen and oxygen atoms in total. The fourth-order valence-corrected chi connectivity index (χ4v) is 6.77. The lowest BCUT2D eigenvalue weighted by Crippen LogP contribution is -2.69. The van der Waals surface area contributed by atoms with Crippen LogP contribution in [0.1, 0.15) is 51.4 Å². The van der Waals surface area contributed by atoms with Crippen LogP contribution in [-0.4, -0.2) is 75.5 Å². The van der Waals surface area contributed by atoms with Crippen molar-refractivity contribution in [1.29, 1.82) is 0 Å². The Morgan fingerprint density at radius 1 is 1.07 bits per heavy atom. The normalized spacial score (nSPS) is 37.2. The maximum absolute atomic E-state index is 6.14. The molecule has 3 heterocycles. The molecule has 3 aliphatic heterocycles. The number of nitrogens with one attached hydrogen (secondary N) is 2. The van der Waals surface area contributed by atoms with Crippen LogP contribution in [0.3, 0.4) is 0 Å². The first kappa shape index (κ1) is 22.1. The SMILES string of the molecule is CN=C(NC1CCN(CC2CCOC2)CC1)NC1C2CCOC2C12CCCC2.I. The van der Waals surface area contributed by atoms with Crippen molar-refractivity contribution >= 4 is 29.9 Å². The third-order valence-electron chi connectivity index (χ3n) is 8.27. The molecule has 2 aliphatic carbocycles. The summed E-state index contributed by atoms with van der Waals surface area (Å²) in [4.78, 5) is 7.23. The summed E-state index contributed by atoms with van der Waals surface area (Å²) in [5, 5.41) is 7.61. The number of rotatable bonds is 4. The quantitative estimate of drug-likeness (QED) is 0.341. The Morgan fingerprint density at radius 3 is 2.55 bits per heavy atom. The van der Waals surface area contributed by atoms with Crippen LogP contribution in [0.5, 0.6) is 0 Å². The van der Waals surface area contributed by atoms with Crippen molar-refractivity contribution < 1.29 is 9.47 Å². The molecule has 0 bridgehead atoms. The number of likely N-dealkylation sites (tertiary alicyclic amines) is 1. The fourth-order valence-electron chi connectivity index (χ4n) is 6.77. The van der Waals surface area contributed by atoms with E-state index in [1.165, 1.54) is 71.0 Å². The predicted octanol–water partition coefficient (Wildman–Crippen LogP) is 2.62. The second kappa shape index (κ2) is 9.57. The summed E-state index contributed by atoms with van der Waals surface area (Å²) in [7, 11) is 1.92. The van der Waals surface area contributed by atoms with E-state index < -0.39 is 0 Å². The highest BCUT2D eigenvalue weighted by molar-refractivity contribution is 14.0. The molecule has 7 heteroatoms. The molecule has 0 aromatic heterocycles. The molecule has 4 unspecified atom stereocenters. The summed E-state index contributed by atoms with van der Waals surface area (Å²) < 4.78 is 11.7. The molecule has 5 rings (SSSR count). The Kier molecular flexibility index (Phi) is 7.29. The van der Waals surface area contributed by atoms with Gasteiger partial charge < -0.3 is 25.0 Å². The van der Waals surface area contributed by atoms with Gasteiger partial charge in [0.05, 0.1) is 12.7 Å². The monoisotopic (exact) mass is 518 g/mol. The number of aliphatic imine (C=N–C) groups is 1. The van der Waals surface area contributed by atoms with Gasteiger partial charge in [0.2, 0.25) is 0 Å². The average Bonchev–Trinajstić information content (AvgIpc) is 3.46. The fraction of sp³-hybridized carbons (Fsp3) is 0.955. The minimum atomic E-state index is 0. The van der Waals surface area contributed by atoms with E-state index in [2.05, 4.69) is 20.5 Å². The molecule has 0 aromatic rings. The van der Waals surface area contributed by atoms with E-state index in [0.29, 0.717) is 29.5 Å². The summed E-state index contributed by atoms with van der Waals surface area (Å²) in [5.74, 6) is 2.46. The molecule has 0 amide bonds. The summed E-state index contributed by atoms with van der Waals surface area (Å²) >= 11 is 0. The molecule has 1 spiro atoms. The van der Waals surface area contributed by atoms with Gasteiger partial charge >= 0.3 is 0 Å². The zero-order valence-corrected chi connectivity index (χ0v) is 20.2. The molecule has 5 fully saturated rings. The summed E-state index contributed by atoms with van der Waals surface area (Å²) in [6, 6.07) is 1.09. The maximum Gasteiger partial charge on any atom is 0.191 e. The molecule has 0 aromatic carbocycles. The van der Waals surface area contributed by atoms with Gasteiger partial charge in [0.25, 0.3) is 0 Å². The standard InChI is InChI=1S/C22H38N4O2.HI/c1-23-21(24-17-4-10-26(11-5-17)14-16-6-12-27-15-16)25-19-18-7-13-28-20(18)22(19)8-2-3-9-22;/h16-20H,2-15H2,1H3,(H2,23,24,25);1H. The zero-order valence-electron chi connectivity index (χ0n) is 17.9. The average molecular weight is 518 g/mol. The van der Waals surface area contributed by atoms with E-state index in [0.717, 1.165) is 31.7 Å². The van der Waals surface area contributed by atoms with Gasteiger partial charge in [0.15, 0.2) is 5.96 Å². The number of halogens is 1. The van der Waals surface area contributed by atoms with E-state index in [9.17, 15) is 0 Å². The molecule has 2 N–H and O–H groups in total. The van der Waals surface area contributed by atoms with Crippen LogP contribution < -0.4 is 10.6 Å². The lowest BCUT2D eigenvalue weighted by Gasteiger charge is -2.57. The highest BCUT2D eigenvalue weighted by Gasteiger charge is 2.65. The van der Waals surface area contributed by atoms with Crippen LogP contribution in [-0.2, 0) is 9.47 Å². The van der Waals surface area contributed by atoms with Gasteiger partial charge in [-0.15, -0.1) is 24.0 Å². The number of guanidine groups is 1. The van der Waals surface area contributed by atoms with E-state index in [1.54, 1.807) is 0 Å². The Labute approximate surface area is 192 Å². The van der Waals surface area contributed by atoms with Crippen molar-refractivity contribution in [3.05, 3.63) is 0 Å². The smallest absolute Gasteiger partial charge is 0.191 e. The number of hydrogen-bond donors (Lipinski definition) is 2. The van der Waals surface area contributed by atoms with Gasteiger partial charge in [-0.25, -0.2) is 0 Å². The van der Waals surface area contributed by atoms with Crippen LogP contribution in [0.25, 0.3) is 0 Å². The Morgan fingerprint density at radius 2 is 1.86 bits per heavy atom. The van der Waals surface area contributed by atoms with E-state index in [1.807, 2.05) is 7.05 Å². The molecule has 4 atom stereocenters. The lowest BCUT2D eigenvalue weighted by atomic mass is 9.54. The highest BCUT2D eigenvalue weighted by Crippen LogP contribution is 2.60. The molecule has 29 heavy (non-hydrogen) atoms. The Bertz CT molecular complexity index is 569. The summed E-state index contributed by atoms with van der Waals surface area (Å²) in [6.45, 7) is 6.47. The molecule has 3 saturated heterocycles. The van der Waals surface area contributed by atoms with Gasteiger partial charge in [-0.2, -0.15) is 0 Å². The zero-order chi connectivity index (χ0) is 19.0. The van der Waals surface area contributed by atoms with Gasteiger partial charge in [0, 0.05) is 63.3 Å². The third kappa shape index (κ3) is 4.30. The number of fused-ring (bicyclic) bond motifs is 2.